The normalized spacial score (nSPS) is 10.9. The molecule has 7 heteroatoms. The number of rotatable bonds is 4. The molecule has 5 nitrogen and oxygen atoms in total. The first-order chi connectivity index (χ1) is 13.5. The Morgan fingerprint density at radius 2 is 1.79 bits per heavy atom. The molecule has 4 aromatic rings. The van der Waals surface area contributed by atoms with E-state index in [1.165, 1.54) is 6.20 Å². The van der Waals surface area contributed by atoms with E-state index in [1.54, 1.807) is 0 Å². The lowest BCUT2D eigenvalue weighted by Crippen LogP contribution is -2.14. The summed E-state index contributed by atoms with van der Waals surface area (Å²) in [5.41, 5.74) is 9.28. The van der Waals surface area contributed by atoms with E-state index in [9.17, 15) is 4.79 Å². The van der Waals surface area contributed by atoms with Crippen molar-refractivity contribution in [3.8, 4) is 11.3 Å². The van der Waals surface area contributed by atoms with Gasteiger partial charge in [0, 0.05) is 22.4 Å². The van der Waals surface area contributed by atoms with Gasteiger partial charge in [-0.15, -0.1) is 0 Å². The van der Waals surface area contributed by atoms with Gasteiger partial charge in [-0.1, -0.05) is 59.6 Å². The number of fused-ring (bicyclic) bond motifs is 1. The highest BCUT2D eigenvalue weighted by atomic mass is 35.5. The Balaban J connectivity index is 1.73. The van der Waals surface area contributed by atoms with Crippen LogP contribution in [0.15, 0.2) is 60.8 Å². The minimum atomic E-state index is -0.678. The smallest absolute Gasteiger partial charge is 0.268 e. The Hall–Kier alpha value is -3.02. The number of benzene rings is 2. The summed E-state index contributed by atoms with van der Waals surface area (Å²) < 4.78 is 0. The third kappa shape index (κ3) is 3.67. The molecule has 0 unspecified atom stereocenters. The summed E-state index contributed by atoms with van der Waals surface area (Å²) in [6, 6.07) is 17.7. The maximum atomic E-state index is 11.2. The van der Waals surface area contributed by atoms with Gasteiger partial charge < -0.3 is 5.73 Å². The van der Waals surface area contributed by atoms with E-state index in [0.29, 0.717) is 17.1 Å². The second-order valence-electron chi connectivity index (χ2n) is 6.23. The Labute approximate surface area is 171 Å². The van der Waals surface area contributed by atoms with Gasteiger partial charge in [0.2, 0.25) is 0 Å². The second kappa shape index (κ2) is 7.54. The van der Waals surface area contributed by atoms with Gasteiger partial charge in [-0.25, -0.2) is 9.97 Å². The maximum Gasteiger partial charge on any atom is 0.268 e. The van der Waals surface area contributed by atoms with Crippen molar-refractivity contribution in [2.45, 2.75) is 6.42 Å². The second-order valence-corrected chi connectivity index (χ2v) is 7.00. The van der Waals surface area contributed by atoms with Crippen LogP contribution in [0.3, 0.4) is 0 Å². The van der Waals surface area contributed by atoms with Gasteiger partial charge in [-0.3, -0.25) is 9.78 Å². The van der Waals surface area contributed by atoms with Crippen molar-refractivity contribution >= 4 is 40.0 Å². The van der Waals surface area contributed by atoms with Gasteiger partial charge in [0.05, 0.1) is 23.1 Å². The number of amides is 1. The van der Waals surface area contributed by atoms with Gasteiger partial charge in [-0.2, -0.15) is 0 Å². The molecule has 1 amide bonds. The lowest BCUT2D eigenvalue weighted by atomic mass is 10.1. The highest BCUT2D eigenvalue weighted by molar-refractivity contribution is 6.32. The predicted molar refractivity (Wildman–Crippen MR) is 111 cm³/mol. The van der Waals surface area contributed by atoms with Crippen LogP contribution in [0.4, 0.5) is 0 Å². The zero-order valence-electron chi connectivity index (χ0n) is 14.6. The molecular formula is C21H14Cl2N4O. The Kier molecular flexibility index (Phi) is 4.94. The summed E-state index contributed by atoms with van der Waals surface area (Å²) in [7, 11) is 0. The quantitative estimate of drug-likeness (QED) is 0.530. The van der Waals surface area contributed by atoms with Crippen LogP contribution in [0.1, 0.15) is 21.7 Å². The van der Waals surface area contributed by atoms with Crippen molar-refractivity contribution < 1.29 is 4.79 Å². The number of carbonyl (C=O) groups excluding carboxylic acids is 1. The number of carbonyl (C=O) groups is 1. The number of halogens is 2. The monoisotopic (exact) mass is 408 g/mol. The van der Waals surface area contributed by atoms with E-state index in [2.05, 4.69) is 9.97 Å². The molecule has 0 spiro atoms. The summed E-state index contributed by atoms with van der Waals surface area (Å²) in [6.07, 6.45) is 1.67. The molecule has 4 rings (SSSR count). The molecule has 0 saturated heterocycles. The lowest BCUT2D eigenvalue weighted by molar-refractivity contribution is 0.0995. The van der Waals surface area contributed by atoms with Gasteiger partial charge in [0.1, 0.15) is 5.69 Å². The fourth-order valence-electron chi connectivity index (χ4n) is 2.90. The molecule has 0 fully saturated rings. The minimum absolute atomic E-state index is 0.0209. The van der Waals surface area contributed by atoms with E-state index in [0.717, 1.165) is 27.7 Å². The van der Waals surface area contributed by atoms with E-state index < -0.39 is 5.91 Å². The van der Waals surface area contributed by atoms with Gasteiger partial charge in [-0.05, 0) is 23.8 Å². The van der Waals surface area contributed by atoms with Crippen LogP contribution in [0.5, 0.6) is 0 Å². The third-order valence-corrected chi connectivity index (χ3v) is 4.99. The third-order valence-electron chi connectivity index (χ3n) is 4.34. The standard InChI is InChI=1S/C21H14Cl2N4O/c22-15-8-13-6-7-16(12-4-2-1-3-5-12)26-17(13)9-14(15)10-18-20(23)27-19(11-25-18)21(24)28/h1-9,11H,10H2,(H2,24,28). The molecule has 0 saturated carbocycles. The molecule has 2 aromatic heterocycles. The molecule has 0 aliphatic carbocycles. The van der Waals surface area contributed by atoms with Crippen molar-refractivity contribution in [2.75, 3.05) is 0 Å². The molecule has 0 atom stereocenters. The maximum absolute atomic E-state index is 11.2. The molecule has 2 aromatic carbocycles. The lowest BCUT2D eigenvalue weighted by Gasteiger charge is -2.09. The molecule has 2 N–H and O–H groups in total. The SMILES string of the molecule is NC(=O)c1cnc(Cc2cc3nc(-c4ccccc4)ccc3cc2Cl)c(Cl)n1. The van der Waals surface area contributed by atoms with E-state index in [4.69, 9.17) is 33.9 Å². The Morgan fingerprint density at radius 1 is 1.00 bits per heavy atom. The van der Waals surface area contributed by atoms with Gasteiger partial charge >= 0.3 is 0 Å². The topological polar surface area (TPSA) is 81.8 Å². The summed E-state index contributed by atoms with van der Waals surface area (Å²) in [4.78, 5) is 24.2. The number of hydrogen-bond donors (Lipinski definition) is 1. The Morgan fingerprint density at radius 3 is 2.50 bits per heavy atom. The number of primary amides is 1. The molecule has 28 heavy (non-hydrogen) atoms. The summed E-state index contributed by atoms with van der Waals surface area (Å²) in [6.45, 7) is 0. The van der Waals surface area contributed by atoms with Crippen molar-refractivity contribution in [2.24, 2.45) is 5.73 Å². The average molecular weight is 409 g/mol. The number of aromatic nitrogens is 3. The van der Waals surface area contributed by atoms with E-state index in [-0.39, 0.29) is 10.8 Å². The molecular weight excluding hydrogens is 395 g/mol. The molecule has 0 aliphatic heterocycles. The van der Waals surface area contributed by atoms with E-state index >= 15 is 0 Å². The van der Waals surface area contributed by atoms with Crippen LogP contribution in [-0.2, 0) is 6.42 Å². The molecule has 2 heterocycles. The van der Waals surface area contributed by atoms with E-state index in [1.807, 2.05) is 54.6 Å². The fourth-order valence-corrected chi connectivity index (χ4v) is 3.35. The largest absolute Gasteiger partial charge is 0.364 e. The highest BCUT2D eigenvalue weighted by Gasteiger charge is 2.13. The Bertz CT molecular complexity index is 1200. The molecule has 0 aliphatic rings. The van der Waals surface area contributed by atoms with Crippen molar-refractivity contribution in [1.82, 2.24) is 15.0 Å². The number of nitrogens with zero attached hydrogens (tertiary/aromatic N) is 3. The first-order valence-corrected chi connectivity index (χ1v) is 9.22. The predicted octanol–water partition coefficient (Wildman–Crippen LogP) is 4.69. The summed E-state index contributed by atoms with van der Waals surface area (Å²) >= 11 is 12.6. The van der Waals surface area contributed by atoms with Gasteiger partial charge in [0.15, 0.2) is 5.15 Å². The number of hydrogen-bond acceptors (Lipinski definition) is 4. The average Bonchev–Trinajstić information content (AvgIpc) is 2.70. The van der Waals surface area contributed by atoms with Gasteiger partial charge in [0.25, 0.3) is 5.91 Å². The van der Waals surface area contributed by atoms with Crippen LogP contribution in [0.25, 0.3) is 22.2 Å². The van der Waals surface area contributed by atoms with Crippen molar-refractivity contribution in [3.05, 3.63) is 87.9 Å². The highest BCUT2D eigenvalue weighted by Crippen LogP contribution is 2.28. The summed E-state index contributed by atoms with van der Waals surface area (Å²) in [5.74, 6) is -0.678. The zero-order chi connectivity index (χ0) is 19.7. The van der Waals surface area contributed by atoms with Crippen molar-refractivity contribution in [3.63, 3.8) is 0 Å². The van der Waals surface area contributed by atoms with Crippen LogP contribution in [0.2, 0.25) is 10.2 Å². The fraction of sp³-hybridized carbons (Fsp3) is 0.0476. The zero-order valence-corrected chi connectivity index (χ0v) is 16.1. The molecule has 0 bridgehead atoms. The number of pyridine rings is 1. The van der Waals surface area contributed by atoms with Crippen LogP contribution in [-0.4, -0.2) is 20.9 Å². The molecule has 138 valence electrons. The first-order valence-electron chi connectivity index (χ1n) is 8.47. The number of nitrogens with two attached hydrogens (primary N) is 1. The first kappa shape index (κ1) is 18.3. The van der Waals surface area contributed by atoms with Crippen LogP contribution >= 0.6 is 23.2 Å². The van der Waals surface area contributed by atoms with Crippen LogP contribution < -0.4 is 5.73 Å². The minimum Gasteiger partial charge on any atom is -0.364 e. The van der Waals surface area contributed by atoms with Crippen LogP contribution in [0, 0.1) is 0 Å². The summed E-state index contributed by atoms with van der Waals surface area (Å²) in [5, 5.41) is 1.65. The molecule has 0 radical (unpaired) electrons. The van der Waals surface area contributed by atoms with Crippen molar-refractivity contribution in [1.29, 1.82) is 0 Å².